The minimum atomic E-state index is -0.620. The molecule has 0 aliphatic carbocycles. The van der Waals surface area contributed by atoms with Crippen molar-refractivity contribution in [3.8, 4) is 0 Å². The number of hydrogen-bond acceptors (Lipinski definition) is 5. The molecule has 7 heteroatoms. The van der Waals surface area contributed by atoms with Crippen molar-refractivity contribution in [2.45, 2.75) is 25.3 Å². The maximum absolute atomic E-state index is 12.6. The van der Waals surface area contributed by atoms with Gasteiger partial charge in [0.2, 0.25) is 5.91 Å². The predicted molar refractivity (Wildman–Crippen MR) is 88.2 cm³/mol. The molecule has 1 saturated heterocycles. The normalized spacial score (nSPS) is 18.5. The van der Waals surface area contributed by atoms with Gasteiger partial charge < -0.3 is 15.5 Å². The lowest BCUT2D eigenvalue weighted by molar-refractivity contribution is -0.384. The van der Waals surface area contributed by atoms with Crippen LogP contribution in [0.15, 0.2) is 24.3 Å². The second-order valence-corrected chi connectivity index (χ2v) is 6.02. The minimum Gasteiger partial charge on any atom is -0.339 e. The van der Waals surface area contributed by atoms with Crippen LogP contribution in [0, 0.1) is 10.1 Å². The Bertz CT molecular complexity index is 553. The second kappa shape index (κ2) is 7.52. The van der Waals surface area contributed by atoms with Crippen LogP contribution in [0.3, 0.4) is 0 Å². The average molecular weight is 320 g/mol. The third-order valence-electron chi connectivity index (χ3n) is 4.51. The van der Waals surface area contributed by atoms with Gasteiger partial charge in [-0.15, -0.1) is 0 Å². The Morgan fingerprint density at radius 3 is 2.30 bits per heavy atom. The Labute approximate surface area is 136 Å². The van der Waals surface area contributed by atoms with Crippen molar-refractivity contribution in [1.82, 2.24) is 9.80 Å². The second-order valence-electron chi connectivity index (χ2n) is 6.02. The molecule has 0 aromatic heterocycles. The number of carbonyl (C=O) groups excluding carboxylic acids is 1. The van der Waals surface area contributed by atoms with E-state index in [0.29, 0.717) is 19.5 Å². The van der Waals surface area contributed by atoms with Crippen molar-refractivity contribution >= 4 is 11.6 Å². The molecule has 2 rings (SSSR count). The predicted octanol–water partition coefficient (Wildman–Crippen LogP) is 1.19. The number of likely N-dealkylation sites (N-methyl/N-ethyl adjacent to an activating group) is 1. The van der Waals surface area contributed by atoms with E-state index in [4.69, 9.17) is 5.73 Å². The number of hydrogen-bond donors (Lipinski definition) is 1. The van der Waals surface area contributed by atoms with E-state index in [9.17, 15) is 14.9 Å². The quantitative estimate of drug-likeness (QED) is 0.650. The number of nitrogens with zero attached hydrogens (tertiary/aromatic N) is 3. The van der Waals surface area contributed by atoms with Gasteiger partial charge in [0.15, 0.2) is 0 Å². The molecule has 0 bridgehead atoms. The first kappa shape index (κ1) is 17.4. The number of rotatable bonds is 5. The molecule has 1 aromatic carbocycles. The van der Waals surface area contributed by atoms with Crippen LogP contribution >= 0.6 is 0 Å². The summed E-state index contributed by atoms with van der Waals surface area (Å²) in [5.41, 5.74) is 7.14. The number of piperazine rings is 1. The SMILES string of the molecule is CC[C@@H](c1ccc([N+](=O)[O-])cc1)[C@@H](N)C(=O)N1CCN(C)CC1. The van der Waals surface area contributed by atoms with E-state index < -0.39 is 11.0 Å². The molecule has 0 radical (unpaired) electrons. The van der Waals surface area contributed by atoms with Crippen molar-refractivity contribution in [3.63, 3.8) is 0 Å². The maximum atomic E-state index is 12.6. The van der Waals surface area contributed by atoms with Crippen LogP contribution < -0.4 is 5.73 Å². The van der Waals surface area contributed by atoms with Gasteiger partial charge in [-0.1, -0.05) is 19.1 Å². The first-order valence-corrected chi connectivity index (χ1v) is 7.91. The fraction of sp³-hybridized carbons (Fsp3) is 0.562. The number of nitro groups is 1. The standard InChI is InChI=1S/C16H24N4O3/c1-3-14(12-4-6-13(7-5-12)20(22)23)15(17)16(21)19-10-8-18(2)9-11-19/h4-7,14-15H,3,8-11,17H2,1-2H3/t14-,15+/m0/s1. The van der Waals surface area contributed by atoms with Crippen molar-refractivity contribution in [2.75, 3.05) is 33.2 Å². The van der Waals surface area contributed by atoms with E-state index in [2.05, 4.69) is 4.90 Å². The smallest absolute Gasteiger partial charge is 0.269 e. The number of nitro benzene ring substituents is 1. The van der Waals surface area contributed by atoms with Crippen molar-refractivity contribution in [1.29, 1.82) is 0 Å². The highest BCUT2D eigenvalue weighted by Crippen LogP contribution is 2.25. The molecule has 126 valence electrons. The lowest BCUT2D eigenvalue weighted by atomic mass is 9.88. The van der Waals surface area contributed by atoms with Crippen LogP contribution in [0.2, 0.25) is 0 Å². The van der Waals surface area contributed by atoms with Crippen LogP contribution in [-0.2, 0) is 4.79 Å². The molecule has 1 aromatic rings. The zero-order valence-electron chi connectivity index (χ0n) is 13.6. The van der Waals surface area contributed by atoms with Gasteiger partial charge in [-0.05, 0) is 19.0 Å². The zero-order chi connectivity index (χ0) is 17.0. The van der Waals surface area contributed by atoms with Crippen molar-refractivity contribution in [3.05, 3.63) is 39.9 Å². The molecule has 0 saturated carbocycles. The van der Waals surface area contributed by atoms with Crippen LogP contribution in [0.1, 0.15) is 24.8 Å². The highest BCUT2D eigenvalue weighted by Gasteiger charge is 2.30. The summed E-state index contributed by atoms with van der Waals surface area (Å²) in [7, 11) is 2.04. The molecule has 1 aliphatic heterocycles. The molecule has 1 heterocycles. The van der Waals surface area contributed by atoms with E-state index in [1.54, 1.807) is 12.1 Å². The van der Waals surface area contributed by atoms with Crippen LogP contribution in [-0.4, -0.2) is 59.9 Å². The Kier molecular flexibility index (Phi) is 5.68. The largest absolute Gasteiger partial charge is 0.339 e. The monoisotopic (exact) mass is 320 g/mol. The van der Waals surface area contributed by atoms with Crippen LogP contribution in [0.5, 0.6) is 0 Å². The summed E-state index contributed by atoms with van der Waals surface area (Å²) in [4.78, 5) is 26.9. The fourth-order valence-electron chi connectivity index (χ4n) is 2.95. The Morgan fingerprint density at radius 1 is 1.26 bits per heavy atom. The summed E-state index contributed by atoms with van der Waals surface area (Å²) < 4.78 is 0. The first-order chi connectivity index (χ1) is 10.9. The van der Waals surface area contributed by atoms with Gasteiger partial charge in [0.25, 0.3) is 5.69 Å². The van der Waals surface area contributed by atoms with Gasteiger partial charge >= 0.3 is 0 Å². The highest BCUT2D eigenvalue weighted by atomic mass is 16.6. The van der Waals surface area contributed by atoms with Gasteiger partial charge in [0.1, 0.15) is 0 Å². The Hall–Kier alpha value is -1.99. The molecule has 0 unspecified atom stereocenters. The molecule has 1 amide bonds. The van der Waals surface area contributed by atoms with Crippen LogP contribution in [0.25, 0.3) is 0 Å². The molecule has 2 N–H and O–H groups in total. The number of benzene rings is 1. The third kappa shape index (κ3) is 4.05. The van der Waals surface area contributed by atoms with E-state index in [-0.39, 0.29) is 17.5 Å². The van der Waals surface area contributed by atoms with E-state index in [1.807, 2.05) is 18.9 Å². The summed E-state index contributed by atoms with van der Waals surface area (Å²) in [5.74, 6) is -0.175. The topological polar surface area (TPSA) is 92.7 Å². The van der Waals surface area contributed by atoms with E-state index in [0.717, 1.165) is 18.7 Å². The molecule has 1 fully saturated rings. The van der Waals surface area contributed by atoms with Gasteiger partial charge in [0, 0.05) is 44.2 Å². The average Bonchev–Trinajstić information content (AvgIpc) is 2.56. The fourth-order valence-corrected chi connectivity index (χ4v) is 2.95. The lowest BCUT2D eigenvalue weighted by Crippen LogP contribution is -2.53. The van der Waals surface area contributed by atoms with Crippen molar-refractivity contribution in [2.24, 2.45) is 5.73 Å². The first-order valence-electron chi connectivity index (χ1n) is 7.91. The number of nitrogens with two attached hydrogens (primary N) is 1. The Morgan fingerprint density at radius 2 is 1.83 bits per heavy atom. The summed E-state index contributed by atoms with van der Waals surface area (Å²) >= 11 is 0. The molecule has 7 nitrogen and oxygen atoms in total. The molecular weight excluding hydrogens is 296 g/mol. The summed E-state index contributed by atoms with van der Waals surface area (Å²) in [6, 6.07) is 5.70. The van der Waals surface area contributed by atoms with Gasteiger partial charge in [-0.3, -0.25) is 14.9 Å². The summed E-state index contributed by atoms with van der Waals surface area (Å²) in [6.45, 7) is 5.07. The minimum absolute atomic E-state index is 0.0386. The highest BCUT2D eigenvalue weighted by molar-refractivity contribution is 5.83. The third-order valence-corrected chi connectivity index (χ3v) is 4.51. The summed E-state index contributed by atoms with van der Waals surface area (Å²) in [6.07, 6.45) is 0.707. The maximum Gasteiger partial charge on any atom is 0.269 e. The molecule has 1 aliphatic rings. The van der Waals surface area contributed by atoms with E-state index >= 15 is 0 Å². The molecule has 2 atom stereocenters. The lowest BCUT2D eigenvalue weighted by Gasteiger charge is -2.35. The van der Waals surface area contributed by atoms with Gasteiger partial charge in [0.05, 0.1) is 11.0 Å². The van der Waals surface area contributed by atoms with Gasteiger partial charge in [-0.2, -0.15) is 0 Å². The van der Waals surface area contributed by atoms with Gasteiger partial charge in [-0.25, -0.2) is 0 Å². The Balaban J connectivity index is 2.09. The number of non-ortho nitro benzene ring substituents is 1. The molecular formula is C16H24N4O3. The zero-order valence-corrected chi connectivity index (χ0v) is 13.6. The van der Waals surface area contributed by atoms with E-state index in [1.165, 1.54) is 12.1 Å². The number of carbonyl (C=O) groups is 1. The van der Waals surface area contributed by atoms with Crippen molar-refractivity contribution < 1.29 is 9.72 Å². The van der Waals surface area contributed by atoms with Crippen LogP contribution in [0.4, 0.5) is 5.69 Å². The summed E-state index contributed by atoms with van der Waals surface area (Å²) in [5, 5.41) is 10.7. The molecule has 23 heavy (non-hydrogen) atoms. The molecule has 0 spiro atoms. The number of amides is 1.